The number of hydrogen-bond acceptors (Lipinski definition) is 5. The van der Waals surface area contributed by atoms with Gasteiger partial charge in [-0.1, -0.05) is 23.7 Å². The molecule has 0 N–H and O–H groups in total. The summed E-state index contributed by atoms with van der Waals surface area (Å²) in [7, 11) is 1.34. The molecule has 1 aromatic carbocycles. The van der Waals surface area contributed by atoms with Crippen LogP contribution in [0.2, 0.25) is 5.02 Å². The quantitative estimate of drug-likeness (QED) is 0.811. The van der Waals surface area contributed by atoms with Gasteiger partial charge < -0.3 is 9.47 Å². The number of esters is 1. The van der Waals surface area contributed by atoms with Crippen LogP contribution in [0.4, 0.5) is 0 Å². The molecule has 0 fully saturated rings. The van der Waals surface area contributed by atoms with Crippen molar-refractivity contribution in [2.45, 2.75) is 6.42 Å². The Morgan fingerprint density at radius 1 is 1.38 bits per heavy atom. The van der Waals surface area contributed by atoms with E-state index in [1.165, 1.54) is 7.11 Å². The van der Waals surface area contributed by atoms with Gasteiger partial charge in [0.15, 0.2) is 5.69 Å². The van der Waals surface area contributed by atoms with E-state index in [9.17, 15) is 4.79 Å². The summed E-state index contributed by atoms with van der Waals surface area (Å²) in [5, 5.41) is 9.14. The topological polar surface area (TPSA) is 72.2 Å². The number of rotatable bonds is 4. The van der Waals surface area contributed by atoms with E-state index in [0.717, 1.165) is 5.56 Å². The molecule has 0 atom stereocenters. The number of ether oxygens (including phenoxy) is 2. The summed E-state index contributed by atoms with van der Waals surface area (Å²) >= 11 is 5.81. The molecule has 0 unspecified atom stereocenters. The fraction of sp³-hybridized carbons (Fsp3) is 0.133. The highest BCUT2D eigenvalue weighted by Gasteiger charge is 2.07. The first-order valence-electron chi connectivity index (χ1n) is 6.02. The number of benzene rings is 1. The van der Waals surface area contributed by atoms with Gasteiger partial charge >= 0.3 is 5.97 Å². The number of pyridine rings is 1. The van der Waals surface area contributed by atoms with Gasteiger partial charge in [-0.05, 0) is 23.8 Å². The minimum Gasteiger partial charge on any atom is -0.469 e. The van der Waals surface area contributed by atoms with Gasteiger partial charge in [0.1, 0.15) is 11.8 Å². The lowest BCUT2D eigenvalue weighted by molar-refractivity contribution is -0.139. The Balaban J connectivity index is 2.18. The molecule has 6 heteroatoms. The first-order chi connectivity index (χ1) is 10.1. The Morgan fingerprint density at radius 2 is 2.19 bits per heavy atom. The summed E-state index contributed by atoms with van der Waals surface area (Å²) in [6.07, 6.45) is 0.158. The fourth-order valence-electron chi connectivity index (χ4n) is 1.64. The number of halogens is 1. The molecule has 0 radical (unpaired) electrons. The molecule has 0 saturated carbocycles. The fourth-order valence-corrected chi connectivity index (χ4v) is 1.79. The Morgan fingerprint density at radius 3 is 2.90 bits per heavy atom. The van der Waals surface area contributed by atoms with Crippen LogP contribution in [0, 0.1) is 11.3 Å². The van der Waals surface area contributed by atoms with Gasteiger partial charge in [0, 0.05) is 6.07 Å². The van der Waals surface area contributed by atoms with Crippen molar-refractivity contribution in [3.63, 3.8) is 0 Å². The monoisotopic (exact) mass is 302 g/mol. The second-order valence-electron chi connectivity index (χ2n) is 4.09. The average molecular weight is 303 g/mol. The van der Waals surface area contributed by atoms with E-state index in [0.29, 0.717) is 5.75 Å². The van der Waals surface area contributed by atoms with Gasteiger partial charge in [0.05, 0.1) is 18.6 Å². The van der Waals surface area contributed by atoms with Crippen molar-refractivity contribution in [1.82, 2.24) is 4.98 Å². The largest absolute Gasteiger partial charge is 0.469 e. The summed E-state index contributed by atoms with van der Waals surface area (Å²) in [4.78, 5) is 15.2. The van der Waals surface area contributed by atoms with E-state index < -0.39 is 0 Å². The molecule has 2 aromatic rings. The van der Waals surface area contributed by atoms with Crippen LogP contribution in [0.25, 0.3) is 0 Å². The van der Waals surface area contributed by atoms with Gasteiger partial charge in [-0.2, -0.15) is 5.26 Å². The normalized spacial score (nSPS) is 9.76. The molecule has 0 saturated heterocycles. The maximum atomic E-state index is 11.2. The molecule has 0 aliphatic rings. The smallest absolute Gasteiger partial charge is 0.309 e. The van der Waals surface area contributed by atoms with Crippen LogP contribution in [0.15, 0.2) is 36.4 Å². The summed E-state index contributed by atoms with van der Waals surface area (Å²) in [6, 6.07) is 12.0. The molecule has 1 heterocycles. The van der Waals surface area contributed by atoms with E-state index in [-0.39, 0.29) is 29.0 Å². The predicted molar refractivity (Wildman–Crippen MR) is 76.2 cm³/mol. The number of aromatic nitrogens is 1. The number of methoxy groups -OCH3 is 1. The molecule has 106 valence electrons. The zero-order chi connectivity index (χ0) is 15.2. The maximum absolute atomic E-state index is 11.2. The molecule has 0 aliphatic heterocycles. The SMILES string of the molecule is COC(=O)Cc1cccc(Oc2ccc(Cl)c(C#N)n2)c1. The van der Waals surface area contributed by atoms with Gasteiger partial charge in [0.2, 0.25) is 5.88 Å². The molecule has 21 heavy (non-hydrogen) atoms. The molecule has 5 nitrogen and oxygen atoms in total. The summed E-state index contributed by atoms with van der Waals surface area (Å²) in [6.45, 7) is 0. The average Bonchev–Trinajstić information content (AvgIpc) is 2.49. The van der Waals surface area contributed by atoms with E-state index in [1.807, 2.05) is 6.07 Å². The number of carbonyl (C=O) groups excluding carboxylic acids is 1. The van der Waals surface area contributed by atoms with Crippen LogP contribution in [0.3, 0.4) is 0 Å². The number of nitriles is 1. The van der Waals surface area contributed by atoms with Crippen LogP contribution < -0.4 is 4.74 Å². The molecular formula is C15H11ClN2O3. The molecule has 0 aliphatic carbocycles. The molecular weight excluding hydrogens is 292 g/mol. The minimum atomic E-state index is -0.330. The number of carbonyl (C=O) groups is 1. The molecule has 1 aromatic heterocycles. The van der Waals surface area contributed by atoms with Gasteiger partial charge in [0.25, 0.3) is 0 Å². The molecule has 0 amide bonds. The lowest BCUT2D eigenvalue weighted by Gasteiger charge is -2.07. The third-order valence-electron chi connectivity index (χ3n) is 2.62. The zero-order valence-corrected chi connectivity index (χ0v) is 11.9. The van der Waals surface area contributed by atoms with Gasteiger partial charge in [-0.25, -0.2) is 4.98 Å². The highest BCUT2D eigenvalue weighted by atomic mass is 35.5. The third kappa shape index (κ3) is 3.94. The van der Waals surface area contributed by atoms with E-state index >= 15 is 0 Å². The van der Waals surface area contributed by atoms with Gasteiger partial charge in [-0.15, -0.1) is 0 Å². The van der Waals surface area contributed by atoms with Crippen LogP contribution in [0.1, 0.15) is 11.3 Å². The Hall–Kier alpha value is -2.58. The Bertz CT molecular complexity index is 710. The van der Waals surface area contributed by atoms with Crippen LogP contribution in [0.5, 0.6) is 11.6 Å². The molecule has 0 spiro atoms. The summed E-state index contributed by atoms with van der Waals surface area (Å²) in [5.74, 6) is 0.435. The molecule has 0 bridgehead atoms. The Kier molecular flexibility index (Phi) is 4.75. The third-order valence-corrected chi connectivity index (χ3v) is 2.93. The lowest BCUT2D eigenvalue weighted by Crippen LogP contribution is -2.04. The van der Waals surface area contributed by atoms with Crippen molar-refractivity contribution in [2.75, 3.05) is 7.11 Å². The zero-order valence-electron chi connectivity index (χ0n) is 11.2. The van der Waals surface area contributed by atoms with Crippen molar-refractivity contribution < 1.29 is 14.3 Å². The minimum absolute atomic E-state index is 0.0971. The van der Waals surface area contributed by atoms with Crippen molar-refractivity contribution in [3.05, 3.63) is 52.7 Å². The second kappa shape index (κ2) is 6.73. The highest BCUT2D eigenvalue weighted by molar-refractivity contribution is 6.31. The Labute approximate surface area is 126 Å². The van der Waals surface area contributed by atoms with E-state index in [1.54, 1.807) is 36.4 Å². The van der Waals surface area contributed by atoms with E-state index in [2.05, 4.69) is 9.72 Å². The first kappa shape index (κ1) is 14.8. The predicted octanol–water partition coefficient (Wildman–Crippen LogP) is 3.11. The van der Waals surface area contributed by atoms with Crippen molar-refractivity contribution in [3.8, 4) is 17.7 Å². The van der Waals surface area contributed by atoms with E-state index in [4.69, 9.17) is 21.6 Å². The lowest BCUT2D eigenvalue weighted by atomic mass is 10.1. The molecule has 2 rings (SSSR count). The van der Waals surface area contributed by atoms with Crippen molar-refractivity contribution >= 4 is 17.6 Å². The maximum Gasteiger partial charge on any atom is 0.309 e. The number of hydrogen-bond donors (Lipinski definition) is 0. The van der Waals surface area contributed by atoms with Crippen LogP contribution in [-0.4, -0.2) is 18.1 Å². The summed E-state index contributed by atoms with van der Waals surface area (Å²) in [5.41, 5.74) is 0.855. The highest BCUT2D eigenvalue weighted by Crippen LogP contribution is 2.23. The van der Waals surface area contributed by atoms with Crippen molar-refractivity contribution in [2.24, 2.45) is 0 Å². The van der Waals surface area contributed by atoms with Crippen LogP contribution in [-0.2, 0) is 16.0 Å². The van der Waals surface area contributed by atoms with Crippen LogP contribution >= 0.6 is 11.6 Å². The number of nitrogens with zero attached hydrogens (tertiary/aromatic N) is 2. The standard InChI is InChI=1S/C15H11ClN2O3/c1-20-15(19)8-10-3-2-4-11(7-10)21-14-6-5-12(16)13(9-17)18-14/h2-7H,8H2,1H3. The van der Waals surface area contributed by atoms with Gasteiger partial charge in [-0.3, -0.25) is 4.79 Å². The summed E-state index contributed by atoms with van der Waals surface area (Å²) < 4.78 is 10.2. The first-order valence-corrected chi connectivity index (χ1v) is 6.40. The van der Waals surface area contributed by atoms with Crippen molar-refractivity contribution in [1.29, 1.82) is 5.26 Å². The second-order valence-corrected chi connectivity index (χ2v) is 4.50.